The Kier molecular flexibility index (Phi) is 5.35. The lowest BCUT2D eigenvalue weighted by molar-refractivity contribution is -0.140. The molecule has 4 amide bonds. The van der Waals surface area contributed by atoms with Crippen LogP contribution in [-0.2, 0) is 32.6 Å². The largest absolute Gasteiger partial charge is 0.331 e. The number of amides is 4. The second kappa shape index (κ2) is 8.10. The number of nitrogens with zero attached hydrogens (tertiary/aromatic N) is 3. The minimum absolute atomic E-state index is 0.00488. The van der Waals surface area contributed by atoms with Crippen LogP contribution in [0.2, 0.25) is 0 Å². The third-order valence-electron chi connectivity index (χ3n) is 5.70. The number of hydrogen-bond acceptors (Lipinski definition) is 5. The van der Waals surface area contributed by atoms with E-state index < -0.39 is 11.8 Å². The number of aromatic nitrogens is 2. The Morgan fingerprint density at radius 2 is 1.67 bits per heavy atom. The number of para-hydroxylation sites is 2. The van der Waals surface area contributed by atoms with Gasteiger partial charge in [0.05, 0.1) is 29.3 Å². The number of allylic oxidation sites excluding steroid dienone is 2. The van der Waals surface area contributed by atoms with Gasteiger partial charge in [-0.3, -0.25) is 34.9 Å². The van der Waals surface area contributed by atoms with E-state index in [0.29, 0.717) is 18.7 Å². The first-order valence-electron chi connectivity index (χ1n) is 9.94. The standard InChI is InChI=1S/C21H23N5O4/c1-25-16-9-5-4-8-15(16)22-17(25)12-19(28)24-23-18(27)10-11-26-20(29)13-6-2-3-7-14(13)21(26)30/h2-5,8-9,13-14H,6-7,10-12H2,1H3,(H,23,27)(H,24,28)/t13-,14+. The van der Waals surface area contributed by atoms with Crippen LogP contribution in [0.1, 0.15) is 25.1 Å². The molecule has 9 heteroatoms. The molecule has 0 bridgehead atoms. The van der Waals surface area contributed by atoms with E-state index in [4.69, 9.17) is 0 Å². The van der Waals surface area contributed by atoms with Gasteiger partial charge in [0.25, 0.3) is 0 Å². The summed E-state index contributed by atoms with van der Waals surface area (Å²) in [6.07, 6.45) is 4.90. The number of benzene rings is 1. The van der Waals surface area contributed by atoms with Crippen LogP contribution in [0, 0.1) is 11.8 Å². The molecule has 156 valence electrons. The van der Waals surface area contributed by atoms with E-state index in [9.17, 15) is 19.2 Å². The number of hydrazine groups is 1. The first-order valence-corrected chi connectivity index (χ1v) is 9.94. The van der Waals surface area contributed by atoms with E-state index in [-0.39, 0.29) is 43.0 Å². The summed E-state index contributed by atoms with van der Waals surface area (Å²) in [4.78, 5) is 54.6. The Bertz CT molecular complexity index is 1030. The first-order chi connectivity index (χ1) is 14.5. The highest BCUT2D eigenvalue weighted by Gasteiger charge is 2.46. The zero-order valence-electron chi connectivity index (χ0n) is 16.6. The summed E-state index contributed by atoms with van der Waals surface area (Å²) >= 11 is 0. The highest BCUT2D eigenvalue weighted by Crippen LogP contribution is 2.34. The summed E-state index contributed by atoms with van der Waals surface area (Å²) in [6.45, 7) is 0.0110. The van der Waals surface area contributed by atoms with Crippen molar-refractivity contribution in [3.05, 3.63) is 42.2 Å². The third-order valence-corrected chi connectivity index (χ3v) is 5.70. The van der Waals surface area contributed by atoms with Crippen LogP contribution in [0.25, 0.3) is 11.0 Å². The topological polar surface area (TPSA) is 113 Å². The molecule has 30 heavy (non-hydrogen) atoms. The summed E-state index contributed by atoms with van der Waals surface area (Å²) in [5.41, 5.74) is 6.41. The molecule has 2 heterocycles. The summed E-state index contributed by atoms with van der Waals surface area (Å²) in [5, 5.41) is 0. The Balaban J connectivity index is 1.25. The van der Waals surface area contributed by atoms with E-state index in [1.54, 1.807) is 0 Å². The lowest BCUT2D eigenvalue weighted by Gasteiger charge is -2.14. The maximum Gasteiger partial charge on any atom is 0.245 e. The number of rotatable bonds is 5. The molecular formula is C21H23N5O4. The molecule has 1 aliphatic heterocycles. The highest BCUT2D eigenvalue weighted by molar-refractivity contribution is 6.05. The molecule has 1 aromatic carbocycles. The van der Waals surface area contributed by atoms with Gasteiger partial charge in [0.1, 0.15) is 5.82 Å². The SMILES string of the molecule is Cn1c(CC(=O)NNC(=O)CCN2C(=O)[C@H]3CC=CC[C@H]3C2=O)nc2ccccc21. The first kappa shape index (κ1) is 19.8. The zero-order valence-corrected chi connectivity index (χ0v) is 16.6. The van der Waals surface area contributed by atoms with Crippen molar-refractivity contribution < 1.29 is 19.2 Å². The molecule has 1 saturated heterocycles. The van der Waals surface area contributed by atoms with Gasteiger partial charge in [-0.05, 0) is 25.0 Å². The van der Waals surface area contributed by atoms with Gasteiger partial charge in [0, 0.05) is 20.0 Å². The number of hydrogen-bond donors (Lipinski definition) is 2. The van der Waals surface area contributed by atoms with Gasteiger partial charge < -0.3 is 4.57 Å². The molecule has 1 aliphatic carbocycles. The van der Waals surface area contributed by atoms with Crippen LogP contribution in [0.5, 0.6) is 0 Å². The number of aryl methyl sites for hydroxylation is 1. The van der Waals surface area contributed by atoms with Crippen LogP contribution in [0.3, 0.4) is 0 Å². The number of imide groups is 1. The van der Waals surface area contributed by atoms with Crippen LogP contribution >= 0.6 is 0 Å². The van der Waals surface area contributed by atoms with Crippen LogP contribution in [-0.4, -0.2) is 44.6 Å². The number of carbonyl (C=O) groups is 4. The zero-order chi connectivity index (χ0) is 21.3. The van der Waals surface area contributed by atoms with Gasteiger partial charge in [-0.2, -0.15) is 0 Å². The van der Waals surface area contributed by atoms with E-state index in [2.05, 4.69) is 15.8 Å². The summed E-state index contributed by atoms with van der Waals surface area (Å²) in [5.74, 6) is -1.35. The average molecular weight is 409 g/mol. The van der Waals surface area contributed by atoms with Crippen molar-refractivity contribution in [1.82, 2.24) is 25.3 Å². The van der Waals surface area contributed by atoms with E-state index >= 15 is 0 Å². The molecule has 0 radical (unpaired) electrons. The van der Waals surface area contributed by atoms with Crippen LogP contribution < -0.4 is 10.9 Å². The predicted octanol–water partition coefficient (Wildman–Crippen LogP) is 0.605. The maximum absolute atomic E-state index is 12.4. The lowest BCUT2D eigenvalue weighted by Crippen LogP contribution is -2.44. The normalized spacial score (nSPS) is 20.5. The van der Waals surface area contributed by atoms with Crippen molar-refractivity contribution in [2.24, 2.45) is 18.9 Å². The molecule has 4 rings (SSSR count). The Morgan fingerprint density at radius 3 is 2.33 bits per heavy atom. The number of carbonyl (C=O) groups excluding carboxylic acids is 4. The monoisotopic (exact) mass is 409 g/mol. The Hall–Kier alpha value is -3.49. The molecule has 9 nitrogen and oxygen atoms in total. The minimum atomic E-state index is -0.470. The molecule has 2 atom stereocenters. The van der Waals surface area contributed by atoms with Gasteiger partial charge in [-0.15, -0.1) is 0 Å². The highest BCUT2D eigenvalue weighted by atomic mass is 16.2. The second-order valence-electron chi connectivity index (χ2n) is 7.58. The fourth-order valence-electron chi connectivity index (χ4n) is 4.05. The maximum atomic E-state index is 12.4. The van der Waals surface area contributed by atoms with Crippen LogP contribution in [0.4, 0.5) is 0 Å². The minimum Gasteiger partial charge on any atom is -0.331 e. The molecule has 0 spiro atoms. The summed E-state index contributed by atoms with van der Waals surface area (Å²) < 4.78 is 1.83. The van der Waals surface area contributed by atoms with Crippen molar-refractivity contribution in [3.63, 3.8) is 0 Å². The van der Waals surface area contributed by atoms with E-state index in [0.717, 1.165) is 11.0 Å². The molecule has 2 N–H and O–H groups in total. The molecule has 2 aromatic rings. The predicted molar refractivity (Wildman–Crippen MR) is 107 cm³/mol. The van der Waals surface area contributed by atoms with Crippen LogP contribution in [0.15, 0.2) is 36.4 Å². The lowest BCUT2D eigenvalue weighted by atomic mass is 9.85. The number of nitrogens with one attached hydrogen (secondary N) is 2. The number of fused-ring (bicyclic) bond motifs is 2. The molecule has 0 unspecified atom stereocenters. The van der Waals surface area contributed by atoms with Crippen molar-refractivity contribution >= 4 is 34.7 Å². The van der Waals surface area contributed by atoms with Crippen molar-refractivity contribution in [2.45, 2.75) is 25.7 Å². The average Bonchev–Trinajstić information content (AvgIpc) is 3.19. The number of likely N-dealkylation sites (tertiary alicyclic amines) is 1. The molecule has 0 saturated carbocycles. The number of imidazole rings is 1. The third kappa shape index (κ3) is 3.70. The van der Waals surface area contributed by atoms with E-state index in [1.807, 2.05) is 48.0 Å². The second-order valence-corrected chi connectivity index (χ2v) is 7.58. The van der Waals surface area contributed by atoms with Gasteiger partial charge in [0.2, 0.25) is 23.6 Å². The Labute approximate surface area is 173 Å². The van der Waals surface area contributed by atoms with Gasteiger partial charge in [0.15, 0.2) is 0 Å². The quantitative estimate of drug-likeness (QED) is 0.427. The van der Waals surface area contributed by atoms with Crippen molar-refractivity contribution in [2.75, 3.05) is 6.54 Å². The van der Waals surface area contributed by atoms with Gasteiger partial charge in [-0.25, -0.2) is 4.98 Å². The molecule has 1 aromatic heterocycles. The van der Waals surface area contributed by atoms with Crippen molar-refractivity contribution in [1.29, 1.82) is 0 Å². The fourth-order valence-corrected chi connectivity index (χ4v) is 4.05. The Morgan fingerprint density at radius 1 is 1.03 bits per heavy atom. The smallest absolute Gasteiger partial charge is 0.245 e. The molecule has 1 fully saturated rings. The van der Waals surface area contributed by atoms with E-state index in [1.165, 1.54) is 4.90 Å². The van der Waals surface area contributed by atoms with Crippen molar-refractivity contribution in [3.8, 4) is 0 Å². The fraction of sp³-hybridized carbons (Fsp3) is 0.381. The summed E-state index contributed by atoms with van der Waals surface area (Å²) in [7, 11) is 1.83. The molecule has 2 aliphatic rings. The molecular weight excluding hydrogens is 386 g/mol. The van der Waals surface area contributed by atoms with Gasteiger partial charge >= 0.3 is 0 Å². The summed E-state index contributed by atoms with van der Waals surface area (Å²) in [6, 6.07) is 7.56. The van der Waals surface area contributed by atoms with Gasteiger partial charge in [-0.1, -0.05) is 24.3 Å².